The number of rotatable bonds is 6. The highest BCUT2D eigenvalue weighted by Crippen LogP contribution is 2.19. The molecule has 0 amide bonds. The van der Waals surface area contributed by atoms with E-state index >= 15 is 0 Å². The van der Waals surface area contributed by atoms with Crippen LogP contribution in [-0.4, -0.2) is 48.2 Å². The standard InChI is InChI=1S/C14H24N4O/c1-3-19-13-5-9-16-14(17-13)15-8-4-12-6-10-18(2)11-7-12/h5,9,12H,3-4,6-8,10-11H2,1-2H3,(H,15,16,17). The molecule has 0 unspecified atom stereocenters. The summed E-state index contributed by atoms with van der Waals surface area (Å²) < 4.78 is 5.36. The average Bonchev–Trinajstić information content (AvgIpc) is 2.42. The maximum absolute atomic E-state index is 5.36. The van der Waals surface area contributed by atoms with Crippen LogP contribution >= 0.6 is 0 Å². The van der Waals surface area contributed by atoms with Gasteiger partial charge in [-0.1, -0.05) is 0 Å². The van der Waals surface area contributed by atoms with E-state index in [0.717, 1.165) is 12.5 Å². The smallest absolute Gasteiger partial charge is 0.225 e. The quantitative estimate of drug-likeness (QED) is 0.852. The molecule has 1 saturated heterocycles. The second-order valence-electron chi connectivity index (χ2n) is 5.11. The molecule has 2 heterocycles. The first kappa shape index (κ1) is 14.1. The third-order valence-electron chi connectivity index (χ3n) is 3.60. The minimum Gasteiger partial charge on any atom is -0.478 e. The second-order valence-corrected chi connectivity index (χ2v) is 5.11. The number of likely N-dealkylation sites (tertiary alicyclic amines) is 1. The molecule has 1 aliphatic heterocycles. The topological polar surface area (TPSA) is 50.3 Å². The summed E-state index contributed by atoms with van der Waals surface area (Å²) in [6, 6.07) is 1.78. The summed E-state index contributed by atoms with van der Waals surface area (Å²) in [6.07, 6.45) is 5.53. The molecule has 0 atom stereocenters. The van der Waals surface area contributed by atoms with Crippen LogP contribution < -0.4 is 10.1 Å². The lowest BCUT2D eigenvalue weighted by atomic mass is 9.94. The van der Waals surface area contributed by atoms with Crippen molar-refractivity contribution < 1.29 is 4.74 Å². The SMILES string of the molecule is CCOc1ccnc(NCCC2CCN(C)CC2)n1. The highest BCUT2D eigenvalue weighted by atomic mass is 16.5. The molecule has 5 heteroatoms. The lowest BCUT2D eigenvalue weighted by Crippen LogP contribution is -2.30. The van der Waals surface area contributed by atoms with E-state index in [0.29, 0.717) is 18.4 Å². The van der Waals surface area contributed by atoms with Gasteiger partial charge in [0.25, 0.3) is 0 Å². The first-order valence-corrected chi connectivity index (χ1v) is 7.16. The number of anilines is 1. The van der Waals surface area contributed by atoms with Crippen molar-refractivity contribution in [2.75, 3.05) is 38.6 Å². The molecule has 5 nitrogen and oxygen atoms in total. The summed E-state index contributed by atoms with van der Waals surface area (Å²) in [5.74, 6) is 2.14. The van der Waals surface area contributed by atoms with Crippen LogP contribution in [0.2, 0.25) is 0 Å². The Bertz CT molecular complexity index is 377. The van der Waals surface area contributed by atoms with Gasteiger partial charge in [0.05, 0.1) is 6.61 Å². The van der Waals surface area contributed by atoms with Gasteiger partial charge in [0.1, 0.15) is 0 Å². The summed E-state index contributed by atoms with van der Waals surface area (Å²) in [6.45, 7) is 5.97. The molecule has 1 N–H and O–H groups in total. The van der Waals surface area contributed by atoms with Crippen LogP contribution in [-0.2, 0) is 0 Å². The molecule has 1 fully saturated rings. The van der Waals surface area contributed by atoms with Crippen molar-refractivity contribution >= 4 is 5.95 Å². The van der Waals surface area contributed by atoms with Gasteiger partial charge in [-0.15, -0.1) is 0 Å². The Labute approximate surface area is 115 Å². The minimum absolute atomic E-state index is 0.631. The van der Waals surface area contributed by atoms with Crippen LogP contribution in [0.15, 0.2) is 12.3 Å². The number of nitrogens with one attached hydrogen (secondary N) is 1. The van der Waals surface area contributed by atoms with Gasteiger partial charge in [0.2, 0.25) is 11.8 Å². The van der Waals surface area contributed by atoms with E-state index in [1.54, 1.807) is 12.3 Å². The Balaban J connectivity index is 1.71. The normalized spacial score (nSPS) is 17.4. The highest BCUT2D eigenvalue weighted by molar-refractivity contribution is 5.27. The largest absolute Gasteiger partial charge is 0.478 e. The number of aromatic nitrogens is 2. The van der Waals surface area contributed by atoms with Crippen LogP contribution in [0.3, 0.4) is 0 Å². The first-order chi connectivity index (χ1) is 9.28. The lowest BCUT2D eigenvalue weighted by Gasteiger charge is -2.28. The Morgan fingerprint density at radius 3 is 2.95 bits per heavy atom. The van der Waals surface area contributed by atoms with Gasteiger partial charge in [-0.2, -0.15) is 4.98 Å². The van der Waals surface area contributed by atoms with Gasteiger partial charge in [0.15, 0.2) is 0 Å². The van der Waals surface area contributed by atoms with Crippen molar-refractivity contribution in [1.29, 1.82) is 0 Å². The summed E-state index contributed by atoms with van der Waals surface area (Å²) in [5, 5.41) is 3.29. The van der Waals surface area contributed by atoms with Gasteiger partial charge in [-0.05, 0) is 52.2 Å². The molecule has 1 aliphatic rings. The van der Waals surface area contributed by atoms with Crippen LogP contribution in [0.25, 0.3) is 0 Å². The van der Waals surface area contributed by atoms with Gasteiger partial charge in [-0.3, -0.25) is 0 Å². The summed E-state index contributed by atoms with van der Waals surface area (Å²) in [5.41, 5.74) is 0. The van der Waals surface area contributed by atoms with Gasteiger partial charge >= 0.3 is 0 Å². The van der Waals surface area contributed by atoms with E-state index in [2.05, 4.69) is 27.2 Å². The fourth-order valence-corrected chi connectivity index (χ4v) is 2.39. The van der Waals surface area contributed by atoms with Crippen molar-refractivity contribution in [3.63, 3.8) is 0 Å². The zero-order chi connectivity index (χ0) is 13.5. The first-order valence-electron chi connectivity index (χ1n) is 7.16. The number of piperidine rings is 1. The number of hydrogen-bond donors (Lipinski definition) is 1. The van der Waals surface area contributed by atoms with Crippen LogP contribution in [0.1, 0.15) is 26.2 Å². The summed E-state index contributed by atoms with van der Waals surface area (Å²) in [7, 11) is 2.20. The highest BCUT2D eigenvalue weighted by Gasteiger charge is 2.16. The van der Waals surface area contributed by atoms with Gasteiger partial charge in [-0.25, -0.2) is 4.98 Å². The molecule has 19 heavy (non-hydrogen) atoms. The van der Waals surface area contributed by atoms with Crippen molar-refractivity contribution in [3.05, 3.63) is 12.3 Å². The van der Waals surface area contributed by atoms with E-state index in [-0.39, 0.29) is 0 Å². The lowest BCUT2D eigenvalue weighted by molar-refractivity contribution is 0.215. The van der Waals surface area contributed by atoms with Crippen LogP contribution in [0, 0.1) is 5.92 Å². The predicted molar refractivity (Wildman–Crippen MR) is 76.5 cm³/mol. The maximum Gasteiger partial charge on any atom is 0.225 e. The molecule has 0 radical (unpaired) electrons. The third-order valence-corrected chi connectivity index (χ3v) is 3.60. The molecule has 1 aromatic heterocycles. The Kier molecular flexibility index (Phi) is 5.39. The number of nitrogens with zero attached hydrogens (tertiary/aromatic N) is 3. The maximum atomic E-state index is 5.36. The van der Waals surface area contributed by atoms with Crippen molar-refractivity contribution in [2.45, 2.75) is 26.2 Å². The average molecular weight is 264 g/mol. The fraction of sp³-hybridized carbons (Fsp3) is 0.714. The van der Waals surface area contributed by atoms with E-state index < -0.39 is 0 Å². The molecule has 0 spiro atoms. The van der Waals surface area contributed by atoms with Crippen molar-refractivity contribution in [2.24, 2.45) is 5.92 Å². The molecular weight excluding hydrogens is 240 g/mol. The van der Waals surface area contributed by atoms with E-state index in [1.807, 2.05) is 6.92 Å². The molecule has 0 aromatic carbocycles. The Hall–Kier alpha value is -1.36. The molecule has 0 bridgehead atoms. The third kappa shape index (κ3) is 4.67. The molecule has 2 rings (SSSR count). The molecule has 0 saturated carbocycles. The molecule has 106 valence electrons. The van der Waals surface area contributed by atoms with Gasteiger partial charge in [0, 0.05) is 18.8 Å². The monoisotopic (exact) mass is 264 g/mol. The van der Waals surface area contributed by atoms with E-state index in [1.165, 1.54) is 32.4 Å². The zero-order valence-electron chi connectivity index (χ0n) is 11.9. The number of ether oxygens (including phenoxy) is 1. The molecular formula is C14H24N4O. The Morgan fingerprint density at radius 1 is 1.42 bits per heavy atom. The zero-order valence-corrected chi connectivity index (χ0v) is 11.9. The van der Waals surface area contributed by atoms with Crippen LogP contribution in [0.4, 0.5) is 5.95 Å². The van der Waals surface area contributed by atoms with E-state index in [9.17, 15) is 0 Å². The summed E-state index contributed by atoms with van der Waals surface area (Å²) in [4.78, 5) is 10.9. The molecule has 0 aliphatic carbocycles. The van der Waals surface area contributed by atoms with E-state index in [4.69, 9.17) is 4.74 Å². The minimum atomic E-state index is 0.631. The van der Waals surface area contributed by atoms with Gasteiger partial charge < -0.3 is 15.0 Å². The number of hydrogen-bond acceptors (Lipinski definition) is 5. The van der Waals surface area contributed by atoms with Crippen LogP contribution in [0.5, 0.6) is 5.88 Å². The van der Waals surface area contributed by atoms with Crippen molar-refractivity contribution in [1.82, 2.24) is 14.9 Å². The second kappa shape index (κ2) is 7.28. The predicted octanol–water partition coefficient (Wildman–Crippen LogP) is 2.02. The summed E-state index contributed by atoms with van der Waals surface area (Å²) >= 11 is 0. The molecule has 1 aromatic rings. The van der Waals surface area contributed by atoms with Crippen molar-refractivity contribution in [3.8, 4) is 5.88 Å². The Morgan fingerprint density at radius 2 is 2.21 bits per heavy atom. The fourth-order valence-electron chi connectivity index (χ4n) is 2.39.